The molecule has 5 nitrogen and oxygen atoms in total. The molecular weight excluding hydrogens is 306 g/mol. The predicted octanol–water partition coefficient (Wildman–Crippen LogP) is 3.00. The minimum atomic E-state index is -0.518. The summed E-state index contributed by atoms with van der Waals surface area (Å²) in [5, 5.41) is 10.3. The van der Waals surface area contributed by atoms with Crippen LogP contribution < -0.4 is 4.74 Å². The predicted molar refractivity (Wildman–Crippen MR) is 90.9 cm³/mol. The highest BCUT2D eigenvalue weighted by molar-refractivity contribution is 5.36. The SMILES string of the molecule is COc1ccccc1C1CCCN1CC(O)COCc1ccco1. The molecule has 24 heavy (non-hydrogen) atoms. The second-order valence-corrected chi connectivity index (χ2v) is 6.14. The molecule has 1 aromatic heterocycles. The first-order valence-electron chi connectivity index (χ1n) is 8.43. The molecule has 0 radical (unpaired) electrons. The van der Waals surface area contributed by atoms with E-state index in [1.54, 1.807) is 13.4 Å². The molecule has 1 aromatic carbocycles. The van der Waals surface area contributed by atoms with Crippen LogP contribution in [0, 0.1) is 0 Å². The summed E-state index contributed by atoms with van der Waals surface area (Å²) in [6.45, 7) is 2.27. The van der Waals surface area contributed by atoms with Gasteiger partial charge in [0.05, 0.1) is 26.1 Å². The summed E-state index contributed by atoms with van der Waals surface area (Å²) in [7, 11) is 1.70. The Labute approximate surface area is 142 Å². The molecule has 1 saturated heterocycles. The van der Waals surface area contributed by atoms with E-state index in [4.69, 9.17) is 13.9 Å². The van der Waals surface area contributed by atoms with Crippen LogP contribution in [-0.2, 0) is 11.3 Å². The first-order chi connectivity index (χ1) is 11.8. The van der Waals surface area contributed by atoms with Gasteiger partial charge in [0.25, 0.3) is 0 Å². The van der Waals surface area contributed by atoms with Gasteiger partial charge in [-0.1, -0.05) is 18.2 Å². The summed E-state index contributed by atoms with van der Waals surface area (Å²) in [6.07, 6.45) is 3.32. The van der Waals surface area contributed by atoms with Gasteiger partial charge in [-0.05, 0) is 37.6 Å². The second kappa shape index (κ2) is 8.33. The summed E-state index contributed by atoms with van der Waals surface area (Å²) in [5.41, 5.74) is 1.20. The molecule has 3 rings (SSSR count). The third kappa shape index (κ3) is 4.17. The zero-order valence-corrected chi connectivity index (χ0v) is 14.1. The van der Waals surface area contributed by atoms with Crippen LogP contribution in [0.5, 0.6) is 5.75 Å². The molecule has 1 aliphatic heterocycles. The summed E-state index contributed by atoms with van der Waals surface area (Å²) in [6, 6.07) is 12.1. The lowest BCUT2D eigenvalue weighted by molar-refractivity contribution is 0.00297. The summed E-state index contributed by atoms with van der Waals surface area (Å²) < 4.78 is 16.3. The van der Waals surface area contributed by atoms with Gasteiger partial charge in [-0.2, -0.15) is 0 Å². The molecule has 1 fully saturated rings. The average Bonchev–Trinajstić information content (AvgIpc) is 3.26. The van der Waals surface area contributed by atoms with Crippen molar-refractivity contribution in [2.24, 2.45) is 0 Å². The van der Waals surface area contributed by atoms with E-state index in [9.17, 15) is 5.11 Å². The fraction of sp³-hybridized carbons (Fsp3) is 0.474. The van der Waals surface area contributed by atoms with Crippen LogP contribution in [0.15, 0.2) is 47.1 Å². The van der Waals surface area contributed by atoms with Crippen LogP contribution in [0.1, 0.15) is 30.2 Å². The molecule has 0 aliphatic carbocycles. The van der Waals surface area contributed by atoms with Crippen LogP contribution in [0.3, 0.4) is 0 Å². The Kier molecular flexibility index (Phi) is 5.91. The minimum absolute atomic E-state index is 0.292. The number of aliphatic hydroxyl groups is 1. The standard InChI is InChI=1S/C19H25NO4/c1-22-19-9-3-2-7-17(19)18-8-4-10-20(18)12-15(21)13-23-14-16-6-5-11-24-16/h2-3,5-7,9,11,15,18,21H,4,8,10,12-14H2,1H3. The van der Waals surface area contributed by atoms with E-state index in [1.165, 1.54) is 5.56 Å². The lowest BCUT2D eigenvalue weighted by Crippen LogP contribution is -2.34. The molecule has 0 bridgehead atoms. The molecular formula is C19H25NO4. The van der Waals surface area contributed by atoms with Crippen molar-refractivity contribution in [1.82, 2.24) is 4.90 Å². The molecule has 0 amide bonds. The van der Waals surface area contributed by atoms with Gasteiger partial charge in [0.2, 0.25) is 0 Å². The number of β-amino-alcohol motifs (C(OH)–C–C–N with tert-alkyl or cyclic N) is 1. The van der Waals surface area contributed by atoms with Crippen LogP contribution in [0.2, 0.25) is 0 Å². The second-order valence-electron chi connectivity index (χ2n) is 6.14. The number of furan rings is 1. The van der Waals surface area contributed by atoms with Crippen LogP contribution >= 0.6 is 0 Å². The van der Waals surface area contributed by atoms with E-state index in [1.807, 2.05) is 30.3 Å². The van der Waals surface area contributed by atoms with Crippen molar-refractivity contribution in [3.05, 3.63) is 54.0 Å². The van der Waals surface area contributed by atoms with Gasteiger partial charge in [0, 0.05) is 18.2 Å². The normalized spacial score (nSPS) is 19.5. The Bertz CT molecular complexity index is 614. The lowest BCUT2D eigenvalue weighted by atomic mass is 10.0. The maximum atomic E-state index is 10.3. The topological polar surface area (TPSA) is 55.1 Å². The van der Waals surface area contributed by atoms with Crippen molar-refractivity contribution in [1.29, 1.82) is 0 Å². The van der Waals surface area contributed by atoms with Crippen molar-refractivity contribution >= 4 is 0 Å². The summed E-state index contributed by atoms with van der Waals surface area (Å²) >= 11 is 0. The van der Waals surface area contributed by atoms with Gasteiger partial charge in [0.15, 0.2) is 0 Å². The number of nitrogens with zero attached hydrogens (tertiary/aromatic N) is 1. The molecule has 0 saturated carbocycles. The fourth-order valence-corrected chi connectivity index (χ4v) is 3.35. The minimum Gasteiger partial charge on any atom is -0.496 e. The number of benzene rings is 1. The van der Waals surface area contributed by atoms with Crippen molar-refractivity contribution in [3.63, 3.8) is 0 Å². The van der Waals surface area contributed by atoms with E-state index in [0.29, 0.717) is 25.8 Å². The number of hydrogen-bond donors (Lipinski definition) is 1. The van der Waals surface area contributed by atoms with Gasteiger partial charge in [-0.25, -0.2) is 0 Å². The van der Waals surface area contributed by atoms with E-state index >= 15 is 0 Å². The quantitative estimate of drug-likeness (QED) is 0.806. The van der Waals surface area contributed by atoms with Crippen molar-refractivity contribution in [3.8, 4) is 5.75 Å². The van der Waals surface area contributed by atoms with Crippen molar-refractivity contribution in [2.45, 2.75) is 31.6 Å². The number of likely N-dealkylation sites (tertiary alicyclic amines) is 1. The third-order valence-electron chi connectivity index (χ3n) is 4.44. The smallest absolute Gasteiger partial charge is 0.129 e. The molecule has 130 valence electrons. The molecule has 1 N–H and O–H groups in total. The lowest BCUT2D eigenvalue weighted by Gasteiger charge is -2.28. The third-order valence-corrected chi connectivity index (χ3v) is 4.44. The maximum absolute atomic E-state index is 10.3. The first-order valence-corrected chi connectivity index (χ1v) is 8.43. The van der Waals surface area contributed by atoms with Crippen LogP contribution in [0.25, 0.3) is 0 Å². The Morgan fingerprint density at radius 3 is 2.96 bits per heavy atom. The summed E-state index contributed by atoms with van der Waals surface area (Å²) in [5.74, 6) is 1.69. The molecule has 2 aromatic rings. The zero-order valence-electron chi connectivity index (χ0n) is 14.1. The van der Waals surface area contributed by atoms with Crippen LogP contribution in [0.4, 0.5) is 0 Å². The number of methoxy groups -OCH3 is 1. The highest BCUT2D eigenvalue weighted by Gasteiger charge is 2.29. The monoisotopic (exact) mass is 331 g/mol. The maximum Gasteiger partial charge on any atom is 0.129 e. The van der Waals surface area contributed by atoms with Gasteiger partial charge in [-0.3, -0.25) is 4.90 Å². The molecule has 5 heteroatoms. The van der Waals surface area contributed by atoms with E-state index < -0.39 is 6.10 Å². The first kappa shape index (κ1) is 17.0. The van der Waals surface area contributed by atoms with Crippen molar-refractivity contribution in [2.75, 3.05) is 26.8 Å². The molecule has 2 heterocycles. The highest BCUT2D eigenvalue weighted by atomic mass is 16.5. The zero-order chi connectivity index (χ0) is 16.8. The number of hydrogen-bond acceptors (Lipinski definition) is 5. The fourth-order valence-electron chi connectivity index (χ4n) is 3.35. The van der Waals surface area contributed by atoms with Gasteiger partial charge < -0.3 is 19.0 Å². The molecule has 2 atom stereocenters. The highest BCUT2D eigenvalue weighted by Crippen LogP contribution is 2.36. The Morgan fingerprint density at radius 2 is 2.17 bits per heavy atom. The Morgan fingerprint density at radius 1 is 1.29 bits per heavy atom. The van der Waals surface area contributed by atoms with Gasteiger partial charge >= 0.3 is 0 Å². The molecule has 0 spiro atoms. The van der Waals surface area contributed by atoms with E-state index in [0.717, 1.165) is 30.9 Å². The van der Waals surface area contributed by atoms with Gasteiger partial charge in [0.1, 0.15) is 18.1 Å². The average molecular weight is 331 g/mol. The largest absolute Gasteiger partial charge is 0.496 e. The number of ether oxygens (including phenoxy) is 2. The summed E-state index contributed by atoms with van der Waals surface area (Å²) in [4.78, 5) is 2.32. The number of aliphatic hydroxyl groups excluding tert-OH is 1. The Balaban J connectivity index is 1.53. The van der Waals surface area contributed by atoms with E-state index in [2.05, 4.69) is 11.0 Å². The van der Waals surface area contributed by atoms with Crippen molar-refractivity contribution < 1.29 is 19.0 Å². The van der Waals surface area contributed by atoms with Crippen LogP contribution in [-0.4, -0.2) is 42.9 Å². The number of para-hydroxylation sites is 1. The molecule has 2 unspecified atom stereocenters. The number of rotatable bonds is 8. The van der Waals surface area contributed by atoms with E-state index in [-0.39, 0.29) is 0 Å². The Hall–Kier alpha value is -1.82. The van der Waals surface area contributed by atoms with Gasteiger partial charge in [-0.15, -0.1) is 0 Å². The molecule has 1 aliphatic rings.